The average molecular weight is 258 g/mol. The molecule has 0 spiro atoms. The molecule has 86 valence electrons. The highest BCUT2D eigenvalue weighted by Crippen LogP contribution is 2.38. The zero-order chi connectivity index (χ0) is 11.5. The summed E-state index contributed by atoms with van der Waals surface area (Å²) in [5, 5.41) is 4.19. The minimum absolute atomic E-state index is 0.137. The fourth-order valence-corrected chi connectivity index (χ4v) is 2.42. The molecule has 0 aromatic carbocycles. The first-order valence-corrected chi connectivity index (χ1v) is 5.75. The van der Waals surface area contributed by atoms with Crippen LogP contribution in [-0.2, 0) is 0 Å². The van der Waals surface area contributed by atoms with Crippen molar-refractivity contribution in [2.24, 2.45) is 0 Å². The second-order valence-electron chi connectivity index (χ2n) is 3.06. The topological polar surface area (TPSA) is 12.0 Å². The molecule has 1 aromatic heterocycles. The number of nitrogens with one attached hydrogen (secondary N) is 1. The van der Waals surface area contributed by atoms with Crippen LogP contribution in [0, 0.1) is 0 Å². The quantitative estimate of drug-likeness (QED) is 0.860. The van der Waals surface area contributed by atoms with Crippen molar-refractivity contribution in [1.82, 2.24) is 5.32 Å². The zero-order valence-electron chi connectivity index (χ0n) is 8.07. The van der Waals surface area contributed by atoms with Gasteiger partial charge < -0.3 is 5.32 Å². The zero-order valence-corrected chi connectivity index (χ0v) is 9.64. The highest BCUT2D eigenvalue weighted by atomic mass is 35.5. The maximum atomic E-state index is 12.7. The Morgan fingerprint density at radius 3 is 2.60 bits per heavy atom. The fraction of sp³-hybridized carbons (Fsp3) is 0.556. The molecular formula is C9H11ClF3NS. The van der Waals surface area contributed by atoms with Gasteiger partial charge in [0.25, 0.3) is 0 Å². The summed E-state index contributed by atoms with van der Waals surface area (Å²) in [6, 6.07) is -0.168. The molecule has 0 saturated carbocycles. The third-order valence-corrected chi connectivity index (χ3v) is 3.26. The van der Waals surface area contributed by atoms with Crippen molar-refractivity contribution in [1.29, 1.82) is 0 Å². The SMILES string of the molecule is CCCNC(c1sccc1Cl)C(F)(F)F. The Kier molecular flexibility index (Phi) is 4.43. The number of rotatable bonds is 4. The number of thiophene rings is 1. The van der Waals surface area contributed by atoms with Crippen LogP contribution in [0.2, 0.25) is 5.02 Å². The Bertz CT molecular complexity index is 311. The third kappa shape index (κ3) is 3.36. The molecule has 15 heavy (non-hydrogen) atoms. The van der Waals surface area contributed by atoms with Gasteiger partial charge in [-0.15, -0.1) is 11.3 Å². The Hall–Kier alpha value is -0.260. The molecule has 1 aromatic rings. The van der Waals surface area contributed by atoms with Crippen molar-refractivity contribution in [3.05, 3.63) is 21.3 Å². The Morgan fingerprint density at radius 1 is 1.53 bits per heavy atom. The molecule has 1 N–H and O–H groups in total. The highest BCUT2D eigenvalue weighted by Gasteiger charge is 2.42. The van der Waals surface area contributed by atoms with E-state index in [1.807, 2.05) is 6.92 Å². The molecule has 0 aliphatic carbocycles. The summed E-state index contributed by atoms with van der Waals surface area (Å²) in [6.45, 7) is 2.13. The van der Waals surface area contributed by atoms with E-state index in [0.29, 0.717) is 13.0 Å². The van der Waals surface area contributed by atoms with E-state index in [1.165, 1.54) is 6.07 Å². The van der Waals surface area contributed by atoms with Crippen LogP contribution in [-0.4, -0.2) is 12.7 Å². The number of alkyl halides is 3. The molecule has 0 radical (unpaired) electrons. The van der Waals surface area contributed by atoms with E-state index in [-0.39, 0.29) is 9.90 Å². The van der Waals surface area contributed by atoms with Gasteiger partial charge in [-0.05, 0) is 24.4 Å². The van der Waals surface area contributed by atoms with Crippen LogP contribution in [0.5, 0.6) is 0 Å². The van der Waals surface area contributed by atoms with E-state index in [2.05, 4.69) is 5.32 Å². The normalized spacial score (nSPS) is 14.2. The van der Waals surface area contributed by atoms with E-state index >= 15 is 0 Å². The molecule has 0 saturated heterocycles. The van der Waals surface area contributed by atoms with Crippen molar-refractivity contribution in [3.63, 3.8) is 0 Å². The third-order valence-electron chi connectivity index (χ3n) is 1.83. The molecule has 1 atom stereocenters. The molecule has 0 amide bonds. The van der Waals surface area contributed by atoms with Crippen LogP contribution in [0.25, 0.3) is 0 Å². The van der Waals surface area contributed by atoms with Crippen molar-refractivity contribution in [2.75, 3.05) is 6.54 Å². The van der Waals surface area contributed by atoms with Gasteiger partial charge in [0.2, 0.25) is 0 Å². The van der Waals surface area contributed by atoms with E-state index in [0.717, 1.165) is 11.3 Å². The lowest BCUT2D eigenvalue weighted by Gasteiger charge is -2.20. The molecule has 0 fully saturated rings. The van der Waals surface area contributed by atoms with E-state index < -0.39 is 12.2 Å². The maximum absolute atomic E-state index is 12.7. The molecule has 1 heterocycles. The molecule has 6 heteroatoms. The second-order valence-corrected chi connectivity index (χ2v) is 4.42. The van der Waals surface area contributed by atoms with E-state index in [9.17, 15) is 13.2 Å². The standard InChI is InChI=1S/C9H11ClF3NS/c1-2-4-14-8(9(11,12)13)7-6(10)3-5-15-7/h3,5,8,14H,2,4H2,1H3. The minimum atomic E-state index is -4.30. The fourth-order valence-electron chi connectivity index (χ4n) is 1.16. The predicted octanol–water partition coefficient (Wildman–Crippen LogP) is 4.00. The van der Waals surface area contributed by atoms with E-state index in [1.54, 1.807) is 5.38 Å². The first-order chi connectivity index (χ1) is 6.96. The van der Waals surface area contributed by atoms with Gasteiger partial charge in [-0.1, -0.05) is 18.5 Å². The number of hydrogen-bond acceptors (Lipinski definition) is 2. The lowest BCUT2D eigenvalue weighted by molar-refractivity contribution is -0.156. The highest BCUT2D eigenvalue weighted by molar-refractivity contribution is 7.10. The largest absolute Gasteiger partial charge is 0.408 e. The van der Waals surface area contributed by atoms with Gasteiger partial charge in [0.1, 0.15) is 6.04 Å². The smallest absolute Gasteiger partial charge is 0.302 e. The summed E-state index contributed by atoms with van der Waals surface area (Å²) >= 11 is 6.71. The molecule has 0 aliphatic rings. The van der Waals surface area contributed by atoms with Gasteiger partial charge in [0.05, 0.1) is 5.02 Å². The van der Waals surface area contributed by atoms with Crippen LogP contribution in [0.1, 0.15) is 24.3 Å². The van der Waals surface area contributed by atoms with Gasteiger partial charge in [-0.25, -0.2) is 0 Å². The maximum Gasteiger partial charge on any atom is 0.408 e. The van der Waals surface area contributed by atoms with Gasteiger partial charge in [-0.2, -0.15) is 13.2 Å². The summed E-state index contributed by atoms with van der Waals surface area (Å²) in [5.74, 6) is 0. The molecular weight excluding hydrogens is 247 g/mol. The van der Waals surface area contributed by atoms with Crippen molar-refractivity contribution < 1.29 is 13.2 Å². The lowest BCUT2D eigenvalue weighted by Crippen LogP contribution is -2.34. The van der Waals surface area contributed by atoms with Gasteiger partial charge in [0.15, 0.2) is 0 Å². The lowest BCUT2D eigenvalue weighted by atomic mass is 10.2. The van der Waals surface area contributed by atoms with E-state index in [4.69, 9.17) is 11.6 Å². The summed E-state index contributed by atoms with van der Waals surface area (Å²) in [4.78, 5) is 0.137. The van der Waals surface area contributed by atoms with Crippen molar-refractivity contribution >= 4 is 22.9 Å². The molecule has 1 unspecified atom stereocenters. The minimum Gasteiger partial charge on any atom is -0.302 e. The molecule has 1 nitrogen and oxygen atoms in total. The van der Waals surface area contributed by atoms with Crippen molar-refractivity contribution in [3.8, 4) is 0 Å². The van der Waals surface area contributed by atoms with Gasteiger partial charge in [-0.3, -0.25) is 0 Å². The predicted molar refractivity (Wildman–Crippen MR) is 56.4 cm³/mol. The Balaban J connectivity index is 2.87. The summed E-state index contributed by atoms with van der Waals surface area (Å²) in [6.07, 6.45) is -3.65. The summed E-state index contributed by atoms with van der Waals surface area (Å²) < 4.78 is 38.0. The number of hydrogen-bond donors (Lipinski definition) is 1. The summed E-state index contributed by atoms with van der Waals surface area (Å²) in [5.41, 5.74) is 0. The Morgan fingerprint density at radius 2 is 2.20 bits per heavy atom. The molecule has 0 aliphatic heterocycles. The Labute approximate surface area is 95.2 Å². The van der Waals surface area contributed by atoms with Crippen LogP contribution in [0.4, 0.5) is 13.2 Å². The van der Waals surface area contributed by atoms with Gasteiger partial charge >= 0.3 is 6.18 Å². The van der Waals surface area contributed by atoms with Crippen LogP contribution in [0.15, 0.2) is 11.4 Å². The number of halogens is 4. The van der Waals surface area contributed by atoms with Crippen molar-refractivity contribution in [2.45, 2.75) is 25.6 Å². The van der Waals surface area contributed by atoms with Crippen LogP contribution in [0.3, 0.4) is 0 Å². The molecule has 0 bridgehead atoms. The van der Waals surface area contributed by atoms with Gasteiger partial charge in [0, 0.05) is 4.88 Å². The summed E-state index contributed by atoms with van der Waals surface area (Å²) in [7, 11) is 0. The monoisotopic (exact) mass is 257 g/mol. The van der Waals surface area contributed by atoms with Crippen LogP contribution >= 0.6 is 22.9 Å². The first-order valence-electron chi connectivity index (χ1n) is 4.49. The average Bonchev–Trinajstić information content (AvgIpc) is 2.51. The second kappa shape index (κ2) is 5.18. The van der Waals surface area contributed by atoms with Crippen LogP contribution < -0.4 is 5.32 Å². The first kappa shape index (κ1) is 12.8. The molecule has 1 rings (SSSR count).